The molecule has 0 saturated carbocycles. The summed E-state index contributed by atoms with van der Waals surface area (Å²) in [6, 6.07) is -0.504. The van der Waals surface area contributed by atoms with E-state index >= 15 is 0 Å². The predicted molar refractivity (Wildman–Crippen MR) is 105 cm³/mol. The van der Waals surface area contributed by atoms with Crippen molar-refractivity contribution in [2.45, 2.75) is 79.5 Å². The molecule has 8 atom stereocenters. The Morgan fingerprint density at radius 1 is 1.26 bits per heavy atom. The Kier molecular flexibility index (Phi) is 8.29. The third-order valence-electron chi connectivity index (χ3n) is 4.45. The van der Waals surface area contributed by atoms with Crippen molar-refractivity contribution in [1.82, 2.24) is 4.72 Å². The summed E-state index contributed by atoms with van der Waals surface area (Å²) < 4.78 is 21.0. The maximum Gasteiger partial charge on any atom is 0.136 e. The van der Waals surface area contributed by atoms with Crippen LogP contribution >= 0.6 is 11.8 Å². The van der Waals surface area contributed by atoms with E-state index in [0.29, 0.717) is 12.8 Å². The minimum absolute atomic E-state index is 0.131. The molecule has 2 aliphatic rings. The van der Waals surface area contributed by atoms with E-state index in [9.17, 15) is 19.9 Å². The molecule has 0 aliphatic carbocycles. The second kappa shape index (κ2) is 9.82. The summed E-state index contributed by atoms with van der Waals surface area (Å²) in [5, 5.41) is 34.5. The van der Waals surface area contributed by atoms with Gasteiger partial charge in [0.15, 0.2) is 0 Å². The van der Waals surface area contributed by atoms with E-state index in [1.54, 1.807) is 0 Å². The fourth-order valence-corrected chi connectivity index (χ4v) is 4.99. The molecule has 0 amide bonds. The third-order valence-corrected chi connectivity index (χ3v) is 7.46. The number of allylic oxidation sites excluding steroid dienone is 1. The standard InChI is InChI=1S/C16H28N4O5S2/c1-16(2,3)27(24)19-10-7-5-4-6-9(8-18-20-17)26-15-13(23)11(21)12(22)14(10)25-15/h4-5,9-15,19,21-23H,6-8H2,1-3H3/t9-,10+,11-,12+,13+,14+,15+,27?/m0/s1. The number of ether oxygens (including phenoxy) is 1. The molecule has 0 aromatic heterocycles. The lowest BCUT2D eigenvalue weighted by Gasteiger charge is -2.44. The number of azide groups is 1. The van der Waals surface area contributed by atoms with Gasteiger partial charge in [-0.15, -0.1) is 16.5 Å². The summed E-state index contributed by atoms with van der Waals surface area (Å²) in [6.07, 6.45) is 0.00542. The molecule has 0 radical (unpaired) electrons. The number of rotatable bonds is 4. The highest BCUT2D eigenvalue weighted by molar-refractivity contribution is 8.00. The van der Waals surface area contributed by atoms with Crippen LogP contribution in [0.2, 0.25) is 0 Å². The first-order valence-electron chi connectivity index (χ1n) is 8.84. The molecule has 4 N–H and O–H groups in total. The van der Waals surface area contributed by atoms with E-state index in [-0.39, 0.29) is 11.8 Å². The molecule has 2 bridgehead atoms. The number of hydrogen-bond donors (Lipinski definition) is 4. The molecule has 9 nitrogen and oxygen atoms in total. The van der Waals surface area contributed by atoms with Crippen molar-refractivity contribution in [3.05, 3.63) is 22.6 Å². The van der Waals surface area contributed by atoms with Crippen LogP contribution in [0.25, 0.3) is 10.4 Å². The number of nitrogens with one attached hydrogen (secondary N) is 1. The van der Waals surface area contributed by atoms with Crippen LogP contribution in [0.1, 0.15) is 33.6 Å². The summed E-state index contributed by atoms with van der Waals surface area (Å²) in [5.41, 5.74) is 7.75. The van der Waals surface area contributed by atoms with Crippen LogP contribution in [0.3, 0.4) is 0 Å². The fourth-order valence-electron chi connectivity index (χ4n) is 2.86. The van der Waals surface area contributed by atoms with Gasteiger partial charge < -0.3 is 24.6 Å². The number of thioether (sulfide) groups is 1. The van der Waals surface area contributed by atoms with Crippen molar-refractivity contribution in [2.75, 3.05) is 6.54 Å². The molecule has 1 saturated heterocycles. The molecule has 0 aromatic carbocycles. The van der Waals surface area contributed by atoms with E-state index < -0.39 is 52.0 Å². The van der Waals surface area contributed by atoms with Crippen molar-refractivity contribution in [2.24, 2.45) is 5.11 Å². The lowest BCUT2D eigenvalue weighted by molar-refractivity contribution is -0.203. The maximum atomic E-state index is 12.5. The highest BCUT2D eigenvalue weighted by Gasteiger charge is 2.48. The normalized spacial score (nSPS) is 38.7. The van der Waals surface area contributed by atoms with Gasteiger partial charge in [-0.25, -0.2) is 0 Å². The van der Waals surface area contributed by atoms with Gasteiger partial charge in [-0.05, 0) is 39.1 Å². The molecule has 1 fully saturated rings. The van der Waals surface area contributed by atoms with Gasteiger partial charge in [0.2, 0.25) is 0 Å². The fraction of sp³-hybridized carbons (Fsp3) is 0.875. The molecule has 27 heavy (non-hydrogen) atoms. The lowest BCUT2D eigenvalue weighted by atomic mass is 9.93. The van der Waals surface area contributed by atoms with Crippen molar-refractivity contribution in [3.63, 3.8) is 0 Å². The van der Waals surface area contributed by atoms with E-state index in [4.69, 9.17) is 10.3 Å². The largest absolute Gasteiger partial charge is 0.598 e. The Bertz CT molecular complexity index is 570. The molecule has 2 aliphatic heterocycles. The third kappa shape index (κ3) is 5.99. The van der Waals surface area contributed by atoms with E-state index in [1.807, 2.05) is 32.9 Å². The van der Waals surface area contributed by atoms with Crippen LogP contribution in [0, 0.1) is 0 Å². The van der Waals surface area contributed by atoms with Crippen LogP contribution in [0.15, 0.2) is 17.3 Å². The first kappa shape index (κ1) is 22.8. The number of hydrogen-bond acceptors (Lipinski definition) is 8. The van der Waals surface area contributed by atoms with E-state index in [1.165, 1.54) is 11.8 Å². The zero-order valence-electron chi connectivity index (χ0n) is 15.6. The van der Waals surface area contributed by atoms with Crippen LogP contribution < -0.4 is 4.72 Å². The quantitative estimate of drug-likeness (QED) is 0.174. The van der Waals surface area contributed by atoms with Gasteiger partial charge in [0, 0.05) is 28.1 Å². The highest BCUT2D eigenvalue weighted by atomic mass is 32.2. The lowest BCUT2D eigenvalue weighted by Crippen LogP contribution is -2.63. The van der Waals surface area contributed by atoms with Crippen molar-refractivity contribution in [1.29, 1.82) is 0 Å². The first-order valence-corrected chi connectivity index (χ1v) is 10.9. The van der Waals surface area contributed by atoms with Crippen molar-refractivity contribution in [3.8, 4) is 0 Å². The second-order valence-electron chi connectivity index (χ2n) is 7.66. The number of fused-ring (bicyclic) bond motifs is 2. The summed E-state index contributed by atoms with van der Waals surface area (Å²) >= 11 is -0.135. The number of aliphatic hydroxyl groups excluding tert-OH is 3. The van der Waals surface area contributed by atoms with Gasteiger partial charge in [0.1, 0.15) is 34.6 Å². The number of aliphatic hydroxyl groups is 3. The average molecular weight is 421 g/mol. The van der Waals surface area contributed by atoms with Gasteiger partial charge >= 0.3 is 0 Å². The molecule has 0 aromatic rings. The summed E-state index contributed by atoms with van der Waals surface area (Å²) in [7, 11) is 0. The maximum absolute atomic E-state index is 12.5. The Morgan fingerprint density at radius 2 is 1.93 bits per heavy atom. The second-order valence-corrected chi connectivity index (χ2v) is 11.1. The molecule has 1 unspecified atom stereocenters. The average Bonchev–Trinajstić information content (AvgIpc) is 2.61. The minimum atomic E-state index is -1.40. The van der Waals surface area contributed by atoms with Gasteiger partial charge in [-0.3, -0.25) is 0 Å². The van der Waals surface area contributed by atoms with Crippen LogP contribution in [0.4, 0.5) is 0 Å². The van der Waals surface area contributed by atoms with Crippen LogP contribution in [-0.4, -0.2) is 72.3 Å². The topological polar surface area (TPSA) is 154 Å². The summed E-state index contributed by atoms with van der Waals surface area (Å²) in [6.45, 7) is 5.72. The van der Waals surface area contributed by atoms with Crippen molar-refractivity contribution >= 4 is 23.1 Å². The Morgan fingerprint density at radius 3 is 2.56 bits per heavy atom. The summed E-state index contributed by atoms with van der Waals surface area (Å²) in [4.78, 5) is 2.77. The Hall–Kier alpha value is -0.490. The van der Waals surface area contributed by atoms with E-state index in [0.717, 1.165) is 0 Å². The highest BCUT2D eigenvalue weighted by Crippen LogP contribution is 2.35. The summed E-state index contributed by atoms with van der Waals surface area (Å²) in [5.74, 6) is 0. The van der Waals surface area contributed by atoms with Gasteiger partial charge in [-0.2, -0.15) is 0 Å². The van der Waals surface area contributed by atoms with Crippen LogP contribution in [0.5, 0.6) is 0 Å². The SMILES string of the molecule is CC(C)(C)[S+]([O-])N[C@@H]1CC=CC[C@@H](CN=[N+]=[N-])S[C@H]2O[C@H]1[C@H](O)[C@H](O)[C@H]2O. The molecular weight excluding hydrogens is 392 g/mol. The molecule has 2 heterocycles. The first-order chi connectivity index (χ1) is 12.6. The molecule has 11 heteroatoms. The van der Waals surface area contributed by atoms with Gasteiger partial charge in [0.05, 0.1) is 6.04 Å². The Balaban J connectivity index is 2.26. The molecule has 154 valence electrons. The number of nitrogens with zero attached hydrogens (tertiary/aromatic N) is 3. The van der Waals surface area contributed by atoms with Gasteiger partial charge in [0.25, 0.3) is 0 Å². The predicted octanol–water partition coefficient (Wildman–Crippen LogP) is 0.976. The van der Waals surface area contributed by atoms with Gasteiger partial charge in [-0.1, -0.05) is 17.3 Å². The smallest absolute Gasteiger partial charge is 0.136 e. The van der Waals surface area contributed by atoms with Crippen molar-refractivity contribution < 1.29 is 24.6 Å². The Labute approximate surface area is 166 Å². The molecular formula is C16H28N4O5S2. The van der Waals surface area contributed by atoms with Crippen LogP contribution in [-0.2, 0) is 16.1 Å². The molecule has 2 rings (SSSR count). The minimum Gasteiger partial charge on any atom is -0.598 e. The van der Waals surface area contributed by atoms with E-state index in [2.05, 4.69) is 14.7 Å². The zero-order valence-corrected chi connectivity index (χ0v) is 17.3. The monoisotopic (exact) mass is 420 g/mol. The molecule has 0 spiro atoms. The zero-order chi connectivity index (χ0) is 20.2.